The number of benzene rings is 1. The number of hydrogen-bond donors (Lipinski definition) is 0. The molecule has 0 spiro atoms. The van der Waals surface area contributed by atoms with Crippen LogP contribution in [0, 0.1) is 0 Å². The standard InChI is InChI=1S/C19H24BrN3S/c20-18-14-23-16-9-8-15(13-17(16)24-19(23)21-18)7-3-1-4-10-22-11-5-2-6-12-22/h8-9,13-14H,1-7,10-12H2. The van der Waals surface area contributed by atoms with Gasteiger partial charge in [-0.1, -0.05) is 30.2 Å². The molecule has 1 fully saturated rings. The number of imidazole rings is 1. The Kier molecular flexibility index (Phi) is 5.20. The van der Waals surface area contributed by atoms with Crippen LogP contribution in [0.1, 0.15) is 44.1 Å². The first-order chi connectivity index (χ1) is 11.8. The predicted octanol–water partition coefficient (Wildman–Crippen LogP) is 5.51. The predicted molar refractivity (Wildman–Crippen MR) is 106 cm³/mol. The number of hydrogen-bond acceptors (Lipinski definition) is 3. The number of aryl methyl sites for hydroxylation is 1. The Balaban J connectivity index is 1.30. The second-order valence-corrected chi connectivity index (χ2v) is 8.65. The molecule has 0 radical (unpaired) electrons. The molecule has 2 aromatic heterocycles. The van der Waals surface area contributed by atoms with E-state index in [1.54, 1.807) is 11.3 Å². The van der Waals surface area contributed by atoms with Gasteiger partial charge in [0.15, 0.2) is 4.96 Å². The number of halogens is 1. The van der Waals surface area contributed by atoms with Gasteiger partial charge in [0, 0.05) is 6.20 Å². The van der Waals surface area contributed by atoms with Crippen molar-refractivity contribution >= 4 is 42.4 Å². The highest BCUT2D eigenvalue weighted by Gasteiger charge is 2.10. The Bertz CT molecular complexity index is 817. The first kappa shape index (κ1) is 16.6. The average Bonchev–Trinajstić information content (AvgIpc) is 3.11. The summed E-state index contributed by atoms with van der Waals surface area (Å²) in [7, 11) is 0. The minimum atomic E-state index is 0.911. The van der Waals surface area contributed by atoms with Crippen molar-refractivity contribution in [1.29, 1.82) is 0 Å². The quantitative estimate of drug-likeness (QED) is 0.503. The maximum atomic E-state index is 4.50. The van der Waals surface area contributed by atoms with E-state index in [2.05, 4.69) is 54.6 Å². The maximum absolute atomic E-state index is 4.50. The number of fused-ring (bicyclic) bond motifs is 3. The average molecular weight is 406 g/mol. The molecule has 3 aromatic rings. The van der Waals surface area contributed by atoms with Gasteiger partial charge < -0.3 is 4.90 Å². The Labute approximate surface area is 155 Å². The molecule has 4 rings (SSSR count). The monoisotopic (exact) mass is 405 g/mol. The highest BCUT2D eigenvalue weighted by molar-refractivity contribution is 9.10. The lowest BCUT2D eigenvalue weighted by Crippen LogP contribution is -2.30. The lowest BCUT2D eigenvalue weighted by Gasteiger charge is -2.26. The van der Waals surface area contributed by atoms with Crippen LogP contribution in [0.4, 0.5) is 0 Å². The van der Waals surface area contributed by atoms with Crippen LogP contribution in [-0.2, 0) is 6.42 Å². The molecule has 1 aliphatic rings. The van der Waals surface area contributed by atoms with Crippen molar-refractivity contribution in [2.24, 2.45) is 0 Å². The molecule has 128 valence electrons. The second-order valence-electron chi connectivity index (χ2n) is 6.83. The summed E-state index contributed by atoms with van der Waals surface area (Å²) in [6.07, 6.45) is 11.5. The molecule has 0 bridgehead atoms. The number of thiazole rings is 1. The van der Waals surface area contributed by atoms with E-state index in [0.29, 0.717) is 0 Å². The number of rotatable bonds is 6. The summed E-state index contributed by atoms with van der Waals surface area (Å²) in [6, 6.07) is 6.89. The summed E-state index contributed by atoms with van der Waals surface area (Å²) in [6.45, 7) is 3.95. The van der Waals surface area contributed by atoms with E-state index in [1.165, 1.54) is 80.4 Å². The van der Waals surface area contributed by atoms with Crippen molar-refractivity contribution in [3.63, 3.8) is 0 Å². The van der Waals surface area contributed by atoms with Crippen molar-refractivity contribution in [2.45, 2.75) is 44.9 Å². The molecule has 3 heterocycles. The third-order valence-corrected chi connectivity index (χ3v) is 6.42. The number of piperidine rings is 1. The fourth-order valence-electron chi connectivity index (χ4n) is 3.70. The Hall–Kier alpha value is -0.910. The fraction of sp³-hybridized carbons (Fsp3) is 0.526. The molecule has 3 nitrogen and oxygen atoms in total. The molecule has 0 N–H and O–H groups in total. The molecule has 0 aliphatic carbocycles. The first-order valence-corrected chi connectivity index (χ1v) is 10.7. The molecular weight excluding hydrogens is 382 g/mol. The van der Waals surface area contributed by atoms with Crippen LogP contribution in [0.15, 0.2) is 29.0 Å². The van der Waals surface area contributed by atoms with Gasteiger partial charge in [0.2, 0.25) is 0 Å². The molecule has 0 unspecified atom stereocenters. The van der Waals surface area contributed by atoms with Crippen molar-refractivity contribution in [1.82, 2.24) is 14.3 Å². The minimum Gasteiger partial charge on any atom is -0.303 e. The summed E-state index contributed by atoms with van der Waals surface area (Å²) in [5, 5.41) is 0. The van der Waals surface area contributed by atoms with Gasteiger partial charge in [-0.3, -0.25) is 4.40 Å². The van der Waals surface area contributed by atoms with E-state index in [0.717, 1.165) is 9.56 Å². The Morgan fingerprint density at radius 2 is 1.96 bits per heavy atom. The van der Waals surface area contributed by atoms with E-state index in [4.69, 9.17) is 0 Å². The second kappa shape index (κ2) is 7.54. The smallest absolute Gasteiger partial charge is 0.195 e. The van der Waals surface area contributed by atoms with Crippen LogP contribution in [-0.4, -0.2) is 33.9 Å². The highest BCUT2D eigenvalue weighted by atomic mass is 79.9. The van der Waals surface area contributed by atoms with Crippen LogP contribution < -0.4 is 0 Å². The first-order valence-electron chi connectivity index (χ1n) is 9.08. The molecule has 5 heteroatoms. The summed E-state index contributed by atoms with van der Waals surface area (Å²) in [4.78, 5) is 8.22. The fourth-order valence-corrected chi connectivity index (χ4v) is 5.26. The lowest BCUT2D eigenvalue weighted by atomic mass is 10.1. The number of unbranched alkanes of at least 4 members (excludes halogenated alkanes) is 2. The van der Waals surface area contributed by atoms with Gasteiger partial charge in [0.05, 0.1) is 10.2 Å². The van der Waals surface area contributed by atoms with Gasteiger partial charge in [-0.25, -0.2) is 4.98 Å². The molecule has 0 saturated carbocycles. The van der Waals surface area contributed by atoms with Crippen LogP contribution in [0.3, 0.4) is 0 Å². The van der Waals surface area contributed by atoms with E-state index in [9.17, 15) is 0 Å². The lowest BCUT2D eigenvalue weighted by molar-refractivity contribution is 0.224. The van der Waals surface area contributed by atoms with Crippen LogP contribution in [0.2, 0.25) is 0 Å². The highest BCUT2D eigenvalue weighted by Crippen LogP contribution is 2.28. The van der Waals surface area contributed by atoms with E-state index in [-0.39, 0.29) is 0 Å². The van der Waals surface area contributed by atoms with Crippen molar-refractivity contribution in [3.8, 4) is 0 Å². The molecular formula is C19H24BrN3S. The third kappa shape index (κ3) is 3.68. The number of nitrogens with zero attached hydrogens (tertiary/aromatic N) is 3. The van der Waals surface area contributed by atoms with Gasteiger partial charge >= 0.3 is 0 Å². The van der Waals surface area contributed by atoms with Gasteiger partial charge in [0.1, 0.15) is 4.60 Å². The summed E-state index contributed by atoms with van der Waals surface area (Å²) in [5.41, 5.74) is 2.73. The van der Waals surface area contributed by atoms with Crippen molar-refractivity contribution < 1.29 is 0 Å². The van der Waals surface area contributed by atoms with E-state index >= 15 is 0 Å². The molecule has 1 saturated heterocycles. The van der Waals surface area contributed by atoms with E-state index in [1.807, 2.05) is 0 Å². The summed E-state index contributed by atoms with van der Waals surface area (Å²) in [5.74, 6) is 0. The van der Waals surface area contributed by atoms with Gasteiger partial charge in [0.25, 0.3) is 0 Å². The topological polar surface area (TPSA) is 20.5 Å². The van der Waals surface area contributed by atoms with E-state index < -0.39 is 0 Å². The molecule has 0 amide bonds. The zero-order valence-corrected chi connectivity index (χ0v) is 16.4. The van der Waals surface area contributed by atoms with Crippen LogP contribution in [0.5, 0.6) is 0 Å². The number of likely N-dealkylation sites (tertiary alicyclic amines) is 1. The van der Waals surface area contributed by atoms with Crippen molar-refractivity contribution in [2.75, 3.05) is 19.6 Å². The van der Waals surface area contributed by atoms with Crippen LogP contribution >= 0.6 is 27.3 Å². The Morgan fingerprint density at radius 3 is 2.83 bits per heavy atom. The van der Waals surface area contributed by atoms with Crippen molar-refractivity contribution in [3.05, 3.63) is 34.6 Å². The largest absolute Gasteiger partial charge is 0.303 e. The molecule has 24 heavy (non-hydrogen) atoms. The minimum absolute atomic E-state index is 0.911. The molecule has 1 aliphatic heterocycles. The summed E-state index contributed by atoms with van der Waals surface area (Å²) < 4.78 is 4.43. The normalized spacial score (nSPS) is 16.4. The van der Waals surface area contributed by atoms with Gasteiger partial charge in [-0.15, -0.1) is 0 Å². The summed E-state index contributed by atoms with van der Waals surface area (Å²) >= 11 is 5.23. The van der Waals surface area contributed by atoms with Gasteiger partial charge in [-0.2, -0.15) is 0 Å². The van der Waals surface area contributed by atoms with Crippen LogP contribution in [0.25, 0.3) is 15.2 Å². The van der Waals surface area contributed by atoms with Gasteiger partial charge in [-0.05, 0) is 85.4 Å². The SMILES string of the molecule is Brc1cn2c(n1)sc1cc(CCCCCN3CCCCC3)ccc12. The Morgan fingerprint density at radius 1 is 1.08 bits per heavy atom. The molecule has 0 atom stereocenters. The molecule has 1 aromatic carbocycles. The maximum Gasteiger partial charge on any atom is 0.195 e. The third-order valence-electron chi connectivity index (χ3n) is 5.02. The zero-order chi connectivity index (χ0) is 16.4. The number of aromatic nitrogens is 2. The zero-order valence-electron chi connectivity index (χ0n) is 14.0.